The number of benzene rings is 2. The molecule has 30 heavy (non-hydrogen) atoms. The van der Waals surface area contributed by atoms with Gasteiger partial charge in [0.2, 0.25) is 11.9 Å². The van der Waals surface area contributed by atoms with Gasteiger partial charge in [0.05, 0.1) is 19.2 Å². The van der Waals surface area contributed by atoms with Crippen LogP contribution in [0.2, 0.25) is 0 Å². The lowest BCUT2D eigenvalue weighted by Crippen LogP contribution is -2.28. The third kappa shape index (κ3) is 4.12. The Hall–Kier alpha value is -3.42. The number of ether oxygens (including phenoxy) is 1. The fourth-order valence-electron chi connectivity index (χ4n) is 3.66. The van der Waals surface area contributed by atoms with E-state index in [1.807, 2.05) is 31.2 Å². The molecule has 0 fully saturated rings. The second kappa shape index (κ2) is 8.52. The lowest BCUT2D eigenvalue weighted by molar-refractivity contribution is -0.116. The van der Waals surface area contributed by atoms with Crippen LogP contribution < -0.4 is 15.4 Å². The predicted octanol–water partition coefficient (Wildman–Crippen LogP) is 4.31. The molecule has 0 bridgehead atoms. The summed E-state index contributed by atoms with van der Waals surface area (Å²) in [6.07, 6.45) is 1.85. The molecule has 1 aliphatic rings. The molecule has 0 aliphatic carbocycles. The van der Waals surface area contributed by atoms with Crippen LogP contribution in [0.5, 0.6) is 5.75 Å². The van der Waals surface area contributed by atoms with Crippen molar-refractivity contribution in [2.24, 2.45) is 0 Å². The number of fused-ring (bicyclic) bond motifs is 1. The number of methoxy groups -OCH3 is 1. The van der Waals surface area contributed by atoms with Crippen LogP contribution in [0.4, 0.5) is 16.3 Å². The molecule has 0 saturated carbocycles. The van der Waals surface area contributed by atoms with Crippen molar-refractivity contribution in [3.05, 3.63) is 65.5 Å². The van der Waals surface area contributed by atoms with Crippen LogP contribution in [0.15, 0.2) is 48.5 Å². The van der Waals surface area contributed by atoms with Gasteiger partial charge in [0.15, 0.2) is 0 Å². The Morgan fingerprint density at radius 1 is 1.20 bits per heavy atom. The second-order valence-electron chi connectivity index (χ2n) is 7.27. The molecule has 3 aromatic rings. The molecule has 7 nitrogen and oxygen atoms in total. The molecule has 2 atom stereocenters. The van der Waals surface area contributed by atoms with E-state index in [0.29, 0.717) is 18.8 Å². The van der Waals surface area contributed by atoms with Crippen LogP contribution in [-0.4, -0.2) is 27.8 Å². The Kier molecular flexibility index (Phi) is 5.65. The molecular formula is C22H24FN5O2. The summed E-state index contributed by atoms with van der Waals surface area (Å²) in [7, 11) is 1.63. The number of hydrogen-bond donors (Lipinski definition) is 2. The minimum Gasteiger partial charge on any atom is -0.497 e. The Balaban J connectivity index is 1.68. The van der Waals surface area contributed by atoms with E-state index in [2.05, 4.69) is 20.7 Å². The van der Waals surface area contributed by atoms with E-state index in [4.69, 9.17) is 4.74 Å². The molecule has 0 spiro atoms. The summed E-state index contributed by atoms with van der Waals surface area (Å²) in [4.78, 5) is 16.5. The van der Waals surface area contributed by atoms with Crippen molar-refractivity contribution in [3.8, 4) is 5.75 Å². The Morgan fingerprint density at radius 2 is 1.90 bits per heavy atom. The number of amides is 1. The summed E-state index contributed by atoms with van der Waals surface area (Å²) in [5, 5.41) is 10.7. The highest BCUT2D eigenvalue weighted by molar-refractivity contribution is 5.88. The van der Waals surface area contributed by atoms with Crippen LogP contribution >= 0.6 is 0 Å². The van der Waals surface area contributed by atoms with Crippen LogP contribution in [0.25, 0.3) is 0 Å². The highest BCUT2D eigenvalue weighted by Gasteiger charge is 2.31. The van der Waals surface area contributed by atoms with Crippen LogP contribution in [0, 0.1) is 5.82 Å². The van der Waals surface area contributed by atoms with E-state index < -0.39 is 0 Å². The average Bonchev–Trinajstić information content (AvgIpc) is 3.16. The molecule has 0 unspecified atom stereocenters. The number of anilines is 2. The zero-order chi connectivity index (χ0) is 21.1. The van der Waals surface area contributed by atoms with Crippen LogP contribution in [-0.2, 0) is 4.79 Å². The van der Waals surface area contributed by atoms with E-state index in [-0.39, 0.29) is 29.8 Å². The highest BCUT2D eigenvalue weighted by Crippen LogP contribution is 2.38. The molecule has 2 N–H and O–H groups in total. The summed E-state index contributed by atoms with van der Waals surface area (Å²) in [5.41, 5.74) is 2.00. The maximum absolute atomic E-state index is 13.5. The number of carbonyl (C=O) groups excluding carboxylic acids is 1. The minimum absolute atomic E-state index is 0.0261. The van der Waals surface area contributed by atoms with Gasteiger partial charge in [0.25, 0.3) is 5.95 Å². The molecule has 2 heterocycles. The first-order valence-electron chi connectivity index (χ1n) is 9.99. The number of nitrogens with one attached hydrogen (secondary N) is 2. The van der Waals surface area contributed by atoms with Gasteiger partial charge in [-0.3, -0.25) is 10.1 Å². The predicted molar refractivity (Wildman–Crippen MR) is 112 cm³/mol. The van der Waals surface area contributed by atoms with Crippen molar-refractivity contribution in [2.75, 3.05) is 17.7 Å². The normalized spacial score (nSPS) is 17.7. The number of carbonyl (C=O) groups is 1. The largest absolute Gasteiger partial charge is 0.497 e. The summed E-state index contributed by atoms with van der Waals surface area (Å²) < 4.78 is 20.5. The van der Waals surface area contributed by atoms with Gasteiger partial charge in [-0.15, -0.1) is 5.10 Å². The first kappa shape index (κ1) is 19.9. The van der Waals surface area contributed by atoms with Gasteiger partial charge in [0, 0.05) is 6.42 Å². The van der Waals surface area contributed by atoms with Crippen molar-refractivity contribution in [2.45, 2.75) is 38.3 Å². The van der Waals surface area contributed by atoms with Gasteiger partial charge in [-0.2, -0.15) is 4.98 Å². The fourth-order valence-corrected chi connectivity index (χ4v) is 3.66. The van der Waals surface area contributed by atoms with Gasteiger partial charge in [-0.25, -0.2) is 9.07 Å². The van der Waals surface area contributed by atoms with E-state index in [1.54, 1.807) is 23.9 Å². The minimum atomic E-state index is -0.286. The molecule has 4 rings (SSSR count). The Morgan fingerprint density at radius 3 is 2.57 bits per heavy atom. The Labute approximate surface area is 174 Å². The van der Waals surface area contributed by atoms with E-state index >= 15 is 0 Å². The maximum atomic E-state index is 13.5. The molecule has 1 aliphatic heterocycles. The zero-order valence-electron chi connectivity index (χ0n) is 16.9. The molecular weight excluding hydrogens is 385 g/mol. The van der Waals surface area contributed by atoms with Crippen molar-refractivity contribution in [3.63, 3.8) is 0 Å². The number of aromatic nitrogens is 3. The molecule has 8 heteroatoms. The lowest BCUT2D eigenvalue weighted by atomic mass is 9.93. The van der Waals surface area contributed by atoms with E-state index in [0.717, 1.165) is 23.3 Å². The summed E-state index contributed by atoms with van der Waals surface area (Å²) in [5.74, 6) is 1.20. The third-order valence-electron chi connectivity index (χ3n) is 5.19. The zero-order valence-corrected chi connectivity index (χ0v) is 16.9. The number of nitrogens with zero attached hydrogens (tertiary/aromatic N) is 3. The molecule has 156 valence electrons. The Bertz CT molecular complexity index is 1020. The smallest absolute Gasteiger partial charge is 0.250 e. The van der Waals surface area contributed by atoms with Gasteiger partial charge in [-0.1, -0.05) is 31.2 Å². The van der Waals surface area contributed by atoms with E-state index in [9.17, 15) is 9.18 Å². The van der Waals surface area contributed by atoms with Gasteiger partial charge >= 0.3 is 0 Å². The van der Waals surface area contributed by atoms with Gasteiger partial charge < -0.3 is 10.1 Å². The van der Waals surface area contributed by atoms with Gasteiger partial charge in [-0.05, 0) is 48.2 Å². The third-order valence-corrected chi connectivity index (χ3v) is 5.19. The number of rotatable bonds is 6. The first-order valence-corrected chi connectivity index (χ1v) is 9.99. The van der Waals surface area contributed by atoms with Gasteiger partial charge in [0.1, 0.15) is 11.6 Å². The first-order chi connectivity index (χ1) is 14.6. The maximum Gasteiger partial charge on any atom is 0.250 e. The van der Waals surface area contributed by atoms with Crippen molar-refractivity contribution < 1.29 is 13.9 Å². The summed E-state index contributed by atoms with van der Waals surface area (Å²) >= 11 is 0. The monoisotopic (exact) mass is 409 g/mol. The van der Waals surface area contributed by atoms with E-state index in [1.165, 1.54) is 12.1 Å². The van der Waals surface area contributed by atoms with Crippen LogP contribution in [0.3, 0.4) is 0 Å². The molecule has 1 aromatic heterocycles. The standard InChI is InChI=1S/C22H24FN5O2/c1-3-4-20(29)25-21-26-22-24-18(14-7-11-17(30-2)12-8-14)13-19(28(22)27-21)15-5-9-16(23)10-6-15/h5-12,18-19H,3-4,13H2,1-2H3,(H2,24,25,26,27,29)/t18-,19+/m0/s1. The molecule has 2 aromatic carbocycles. The fraction of sp³-hybridized carbons (Fsp3) is 0.318. The molecule has 1 amide bonds. The lowest BCUT2D eigenvalue weighted by Gasteiger charge is -2.31. The summed E-state index contributed by atoms with van der Waals surface area (Å²) in [6, 6.07) is 14.1. The average molecular weight is 409 g/mol. The number of halogens is 1. The second-order valence-corrected chi connectivity index (χ2v) is 7.27. The molecule has 0 radical (unpaired) electrons. The van der Waals surface area contributed by atoms with Crippen LogP contribution in [0.1, 0.15) is 49.4 Å². The van der Waals surface area contributed by atoms with Crippen molar-refractivity contribution in [1.82, 2.24) is 14.8 Å². The topological polar surface area (TPSA) is 81.1 Å². The quantitative estimate of drug-likeness (QED) is 0.634. The highest BCUT2D eigenvalue weighted by atomic mass is 19.1. The van der Waals surface area contributed by atoms with Crippen molar-refractivity contribution >= 4 is 17.8 Å². The molecule has 0 saturated heterocycles. The van der Waals surface area contributed by atoms with Crippen molar-refractivity contribution in [1.29, 1.82) is 0 Å². The SMILES string of the molecule is CCCC(=O)Nc1nc2n(n1)[C@@H](c1ccc(F)cc1)C[C@@H](c1ccc(OC)cc1)N2. The number of hydrogen-bond acceptors (Lipinski definition) is 5. The summed E-state index contributed by atoms with van der Waals surface area (Å²) in [6.45, 7) is 1.94.